The fourth-order valence-electron chi connectivity index (χ4n) is 4.65. The van der Waals surface area contributed by atoms with Crippen LogP contribution in [0.2, 0.25) is 0 Å². The van der Waals surface area contributed by atoms with E-state index in [-0.39, 0.29) is 30.7 Å². The monoisotopic (exact) mass is 449 g/mol. The highest BCUT2D eigenvalue weighted by Gasteiger charge is 2.41. The first-order valence-electron chi connectivity index (χ1n) is 11.1. The lowest BCUT2D eigenvalue weighted by molar-refractivity contribution is -0.136. The van der Waals surface area contributed by atoms with Crippen molar-refractivity contribution in [1.82, 2.24) is 10.3 Å². The third kappa shape index (κ3) is 5.48. The van der Waals surface area contributed by atoms with Crippen LogP contribution < -0.4 is 10.6 Å². The quantitative estimate of drug-likeness (QED) is 0.441. The highest BCUT2D eigenvalue weighted by atomic mass is 19.1. The third-order valence-electron chi connectivity index (χ3n) is 6.23. The molecule has 1 atom stereocenters. The normalized spacial score (nSPS) is 16.1. The van der Waals surface area contributed by atoms with E-state index in [2.05, 4.69) is 29.5 Å². The molecule has 3 N–H and O–H groups in total. The van der Waals surface area contributed by atoms with Crippen molar-refractivity contribution in [3.63, 3.8) is 0 Å². The van der Waals surface area contributed by atoms with Gasteiger partial charge in [-0.3, -0.25) is 14.6 Å². The number of halogens is 1. The first-order chi connectivity index (χ1) is 15.7. The van der Waals surface area contributed by atoms with E-state index in [1.54, 1.807) is 24.4 Å². The van der Waals surface area contributed by atoms with E-state index in [0.717, 1.165) is 29.5 Å². The Kier molecular flexibility index (Phi) is 6.31. The molecule has 1 aliphatic rings. The zero-order valence-corrected chi connectivity index (χ0v) is 18.8. The number of carboxylic acid groups (broad SMARTS) is 1. The minimum atomic E-state index is -0.948. The zero-order chi connectivity index (χ0) is 23.6. The highest BCUT2D eigenvalue weighted by molar-refractivity contribution is 5.94. The molecule has 0 aliphatic heterocycles. The van der Waals surface area contributed by atoms with Crippen LogP contribution in [-0.2, 0) is 4.79 Å². The summed E-state index contributed by atoms with van der Waals surface area (Å²) < 4.78 is 13.5. The highest BCUT2D eigenvalue weighted by Crippen LogP contribution is 2.51. The number of nitrogens with one attached hydrogen (secondary N) is 2. The SMILES string of the molecule is CC1(C)CC([C@H](Nc2cnc3cc(F)ccc3c2)c2ccc(C(=O)NCCC(=O)O)cc2)C1. The second-order valence-corrected chi connectivity index (χ2v) is 9.54. The van der Waals surface area contributed by atoms with Crippen molar-refractivity contribution in [1.29, 1.82) is 0 Å². The van der Waals surface area contributed by atoms with Gasteiger partial charge in [0.25, 0.3) is 5.91 Å². The maximum absolute atomic E-state index is 13.5. The Morgan fingerprint density at radius 1 is 1.15 bits per heavy atom. The Labute approximate surface area is 192 Å². The van der Waals surface area contributed by atoms with E-state index in [0.29, 0.717) is 22.4 Å². The molecule has 0 bridgehead atoms. The van der Waals surface area contributed by atoms with Gasteiger partial charge in [-0.25, -0.2) is 4.39 Å². The van der Waals surface area contributed by atoms with Gasteiger partial charge >= 0.3 is 5.97 Å². The van der Waals surface area contributed by atoms with Crippen LogP contribution >= 0.6 is 0 Å². The second kappa shape index (κ2) is 9.17. The Morgan fingerprint density at radius 3 is 2.55 bits per heavy atom. The molecule has 0 spiro atoms. The average molecular weight is 450 g/mol. The molecule has 6 nitrogen and oxygen atoms in total. The summed E-state index contributed by atoms with van der Waals surface area (Å²) in [5.41, 5.74) is 3.33. The molecule has 0 saturated heterocycles. The molecule has 1 heterocycles. The van der Waals surface area contributed by atoms with Gasteiger partial charge in [-0.2, -0.15) is 0 Å². The molecule has 0 radical (unpaired) electrons. The van der Waals surface area contributed by atoms with Gasteiger partial charge in [0, 0.05) is 23.6 Å². The Bertz CT molecular complexity index is 1170. The summed E-state index contributed by atoms with van der Waals surface area (Å²) in [7, 11) is 0. The Balaban J connectivity index is 1.53. The summed E-state index contributed by atoms with van der Waals surface area (Å²) in [6, 6.07) is 14.0. The molecule has 1 fully saturated rings. The van der Waals surface area contributed by atoms with E-state index in [1.807, 2.05) is 18.2 Å². The average Bonchev–Trinajstić information content (AvgIpc) is 2.75. The summed E-state index contributed by atoms with van der Waals surface area (Å²) in [6.07, 6.45) is 3.77. The van der Waals surface area contributed by atoms with Crippen molar-refractivity contribution in [2.24, 2.45) is 11.3 Å². The van der Waals surface area contributed by atoms with Gasteiger partial charge in [0.15, 0.2) is 0 Å². The number of nitrogens with zero attached hydrogens (tertiary/aromatic N) is 1. The Hall–Kier alpha value is -3.48. The number of carbonyl (C=O) groups excluding carboxylic acids is 1. The number of aromatic nitrogens is 1. The van der Waals surface area contributed by atoms with E-state index in [4.69, 9.17) is 5.11 Å². The van der Waals surface area contributed by atoms with Crippen molar-refractivity contribution >= 4 is 28.5 Å². The van der Waals surface area contributed by atoms with Gasteiger partial charge in [0.05, 0.1) is 29.9 Å². The fraction of sp³-hybridized carbons (Fsp3) is 0.346. The molecule has 3 aromatic rings. The number of pyridine rings is 1. The zero-order valence-electron chi connectivity index (χ0n) is 18.8. The first-order valence-corrected chi connectivity index (χ1v) is 11.1. The number of carbonyl (C=O) groups is 2. The van der Waals surface area contributed by atoms with Crippen LogP contribution in [0.3, 0.4) is 0 Å². The number of benzene rings is 2. The lowest BCUT2D eigenvalue weighted by Crippen LogP contribution is -2.38. The molecule has 1 saturated carbocycles. The van der Waals surface area contributed by atoms with Gasteiger partial charge in [0.1, 0.15) is 5.82 Å². The van der Waals surface area contributed by atoms with Crippen LogP contribution in [-0.4, -0.2) is 28.5 Å². The van der Waals surface area contributed by atoms with E-state index >= 15 is 0 Å². The van der Waals surface area contributed by atoms with Crippen LogP contribution in [0.15, 0.2) is 54.7 Å². The van der Waals surface area contributed by atoms with Crippen molar-refractivity contribution < 1.29 is 19.1 Å². The molecule has 2 aromatic carbocycles. The van der Waals surface area contributed by atoms with Crippen LogP contribution in [0.25, 0.3) is 10.9 Å². The van der Waals surface area contributed by atoms with E-state index < -0.39 is 5.97 Å². The number of hydrogen-bond donors (Lipinski definition) is 3. The van der Waals surface area contributed by atoms with E-state index in [9.17, 15) is 14.0 Å². The molecular weight excluding hydrogens is 421 g/mol. The number of carboxylic acids is 1. The number of fused-ring (bicyclic) bond motifs is 1. The van der Waals surface area contributed by atoms with Crippen molar-refractivity contribution in [3.05, 3.63) is 71.7 Å². The van der Waals surface area contributed by atoms with Crippen LogP contribution in [0, 0.1) is 17.2 Å². The van der Waals surface area contributed by atoms with Crippen LogP contribution in [0.5, 0.6) is 0 Å². The molecule has 1 aromatic heterocycles. The molecule has 7 heteroatoms. The van der Waals surface area contributed by atoms with Gasteiger partial charge in [-0.15, -0.1) is 0 Å². The molecule has 172 valence electrons. The van der Waals surface area contributed by atoms with Crippen molar-refractivity contribution in [2.45, 2.75) is 39.2 Å². The Morgan fingerprint density at radius 2 is 1.88 bits per heavy atom. The van der Waals surface area contributed by atoms with Crippen molar-refractivity contribution in [2.75, 3.05) is 11.9 Å². The third-order valence-corrected chi connectivity index (χ3v) is 6.23. The first kappa shape index (κ1) is 22.7. The number of rotatable bonds is 8. The number of amides is 1. The van der Waals surface area contributed by atoms with Crippen LogP contribution in [0.4, 0.5) is 10.1 Å². The molecule has 33 heavy (non-hydrogen) atoms. The lowest BCUT2D eigenvalue weighted by atomic mass is 9.61. The summed E-state index contributed by atoms with van der Waals surface area (Å²) in [4.78, 5) is 27.3. The standard InChI is InChI=1S/C26H28FN3O3/c1-26(2)13-19(14-26)24(30-21-11-18-7-8-20(27)12-22(18)29-15-21)16-3-5-17(6-4-16)25(33)28-10-9-23(31)32/h3-8,11-12,15,19,24,30H,9-10,13-14H2,1-2H3,(H,28,33)(H,31,32)/t24-/m1/s1. The predicted octanol–water partition coefficient (Wildman–Crippen LogP) is 5.17. The minimum Gasteiger partial charge on any atom is -0.481 e. The second-order valence-electron chi connectivity index (χ2n) is 9.54. The number of aliphatic carboxylic acids is 1. The van der Waals surface area contributed by atoms with Gasteiger partial charge < -0.3 is 15.7 Å². The lowest BCUT2D eigenvalue weighted by Gasteiger charge is -2.47. The van der Waals surface area contributed by atoms with Crippen LogP contribution in [0.1, 0.15) is 55.1 Å². The van der Waals surface area contributed by atoms with Gasteiger partial charge in [0.2, 0.25) is 0 Å². The molecule has 1 amide bonds. The van der Waals surface area contributed by atoms with Gasteiger partial charge in [-0.1, -0.05) is 26.0 Å². The minimum absolute atomic E-state index is 0.0434. The van der Waals surface area contributed by atoms with Gasteiger partial charge in [-0.05, 0) is 60.1 Å². The topological polar surface area (TPSA) is 91.3 Å². The van der Waals surface area contributed by atoms with E-state index in [1.165, 1.54) is 12.1 Å². The molecule has 1 aliphatic carbocycles. The fourth-order valence-corrected chi connectivity index (χ4v) is 4.65. The number of hydrogen-bond acceptors (Lipinski definition) is 4. The predicted molar refractivity (Wildman–Crippen MR) is 126 cm³/mol. The van der Waals surface area contributed by atoms with Crippen molar-refractivity contribution in [3.8, 4) is 0 Å². The summed E-state index contributed by atoms with van der Waals surface area (Å²) >= 11 is 0. The maximum atomic E-state index is 13.5. The smallest absolute Gasteiger partial charge is 0.305 e. The summed E-state index contributed by atoms with van der Waals surface area (Å²) in [5, 5.41) is 15.8. The largest absolute Gasteiger partial charge is 0.481 e. The maximum Gasteiger partial charge on any atom is 0.305 e. The molecule has 4 rings (SSSR count). The molecule has 0 unspecified atom stereocenters. The summed E-state index contributed by atoms with van der Waals surface area (Å²) in [6.45, 7) is 4.62. The molecular formula is C26H28FN3O3. The summed E-state index contributed by atoms with van der Waals surface area (Å²) in [5.74, 6) is -1.11. The number of anilines is 1.